The molecule has 160 valence electrons. The minimum atomic E-state index is -0.573. The highest BCUT2D eigenvalue weighted by atomic mass is 16.6. The van der Waals surface area contributed by atoms with Gasteiger partial charge >= 0.3 is 6.09 Å². The number of hydrogen-bond acceptors (Lipinski definition) is 4. The second-order valence-corrected chi connectivity index (χ2v) is 8.93. The summed E-state index contributed by atoms with van der Waals surface area (Å²) in [7, 11) is 0. The van der Waals surface area contributed by atoms with E-state index < -0.39 is 17.7 Å². The number of ether oxygens (including phenoxy) is 1. The van der Waals surface area contributed by atoms with E-state index in [0.717, 1.165) is 32.2 Å². The molecule has 7 heteroatoms. The predicted molar refractivity (Wildman–Crippen MR) is 108 cm³/mol. The number of piperidine rings is 1. The molecule has 3 amide bonds. The molecule has 2 saturated heterocycles. The molecule has 28 heavy (non-hydrogen) atoms. The van der Waals surface area contributed by atoms with Gasteiger partial charge in [-0.15, -0.1) is 0 Å². The topological polar surface area (TPSA) is 79.0 Å². The highest BCUT2D eigenvalue weighted by Gasteiger charge is 2.39. The standard InChI is InChI=1S/C21H37N3O4/c1-5-6-7-12-22-18(25)16-10-14-23(15-11-16)19(26)17-9-8-13-24(17)20(27)28-21(2,3)4/h16-17H,5-15H2,1-4H3,(H,22,25). The molecule has 0 aromatic carbocycles. The summed E-state index contributed by atoms with van der Waals surface area (Å²) in [6.07, 6.45) is 5.73. The lowest BCUT2D eigenvalue weighted by Crippen LogP contribution is -2.51. The van der Waals surface area contributed by atoms with E-state index in [1.54, 1.807) is 4.90 Å². The summed E-state index contributed by atoms with van der Waals surface area (Å²) >= 11 is 0. The first kappa shape index (κ1) is 22.5. The van der Waals surface area contributed by atoms with Crippen molar-refractivity contribution in [1.82, 2.24) is 15.1 Å². The van der Waals surface area contributed by atoms with Crippen LogP contribution in [0.2, 0.25) is 0 Å². The summed E-state index contributed by atoms with van der Waals surface area (Å²) in [5.41, 5.74) is -0.573. The fourth-order valence-corrected chi connectivity index (χ4v) is 3.87. The summed E-state index contributed by atoms with van der Waals surface area (Å²) in [4.78, 5) is 41.1. The quantitative estimate of drug-likeness (QED) is 0.702. The van der Waals surface area contributed by atoms with Gasteiger partial charge in [0.2, 0.25) is 11.8 Å². The van der Waals surface area contributed by atoms with Crippen LogP contribution in [0.15, 0.2) is 0 Å². The molecule has 1 N–H and O–H groups in total. The minimum Gasteiger partial charge on any atom is -0.444 e. The van der Waals surface area contributed by atoms with Gasteiger partial charge in [0.05, 0.1) is 0 Å². The first-order chi connectivity index (χ1) is 13.2. The molecule has 2 heterocycles. The van der Waals surface area contributed by atoms with Crippen LogP contribution in [0, 0.1) is 5.92 Å². The number of nitrogens with zero attached hydrogens (tertiary/aromatic N) is 2. The predicted octanol–water partition coefficient (Wildman–Crippen LogP) is 2.93. The summed E-state index contributed by atoms with van der Waals surface area (Å²) in [6.45, 7) is 10.1. The molecular formula is C21H37N3O4. The molecule has 0 bridgehead atoms. The summed E-state index contributed by atoms with van der Waals surface area (Å²) < 4.78 is 5.46. The first-order valence-electron chi connectivity index (χ1n) is 10.8. The number of amides is 3. The van der Waals surface area contributed by atoms with E-state index in [2.05, 4.69) is 12.2 Å². The van der Waals surface area contributed by atoms with Crippen LogP contribution in [-0.2, 0) is 14.3 Å². The Bertz CT molecular complexity index is 550. The number of rotatable bonds is 6. The van der Waals surface area contributed by atoms with Gasteiger partial charge < -0.3 is 15.0 Å². The van der Waals surface area contributed by atoms with Gasteiger partial charge in [-0.1, -0.05) is 19.8 Å². The normalized spacial score (nSPS) is 20.9. The number of hydrogen-bond donors (Lipinski definition) is 1. The second-order valence-electron chi connectivity index (χ2n) is 8.93. The molecule has 7 nitrogen and oxygen atoms in total. The van der Waals surface area contributed by atoms with Crippen LogP contribution in [0.1, 0.15) is 72.6 Å². The van der Waals surface area contributed by atoms with E-state index in [4.69, 9.17) is 4.74 Å². The van der Waals surface area contributed by atoms with Crippen LogP contribution in [0.25, 0.3) is 0 Å². The molecule has 0 aliphatic carbocycles. The van der Waals surface area contributed by atoms with Gasteiger partial charge in [-0.3, -0.25) is 14.5 Å². The summed E-state index contributed by atoms with van der Waals surface area (Å²) in [6, 6.07) is -0.436. The average Bonchev–Trinajstić information content (AvgIpc) is 3.13. The zero-order valence-electron chi connectivity index (χ0n) is 18.0. The molecule has 2 fully saturated rings. The lowest BCUT2D eigenvalue weighted by molar-refractivity contribution is -0.139. The molecule has 2 aliphatic heterocycles. The van der Waals surface area contributed by atoms with Crippen molar-refractivity contribution >= 4 is 17.9 Å². The molecule has 0 aromatic heterocycles. The van der Waals surface area contributed by atoms with Gasteiger partial charge in [-0.25, -0.2) is 4.79 Å². The van der Waals surface area contributed by atoms with Crippen molar-refractivity contribution in [3.05, 3.63) is 0 Å². The SMILES string of the molecule is CCCCCNC(=O)C1CCN(C(=O)C2CCCN2C(=O)OC(C)(C)C)CC1. The van der Waals surface area contributed by atoms with Gasteiger partial charge in [-0.2, -0.15) is 0 Å². The molecule has 1 atom stereocenters. The third kappa shape index (κ3) is 6.38. The highest BCUT2D eigenvalue weighted by molar-refractivity contribution is 5.87. The van der Waals surface area contributed by atoms with Crippen molar-refractivity contribution in [2.24, 2.45) is 5.92 Å². The number of carbonyl (C=O) groups is 3. The Morgan fingerprint density at radius 2 is 1.71 bits per heavy atom. The Labute approximate surface area is 169 Å². The van der Waals surface area contributed by atoms with Crippen LogP contribution < -0.4 is 5.32 Å². The minimum absolute atomic E-state index is 0.00911. The van der Waals surface area contributed by atoms with E-state index in [0.29, 0.717) is 38.9 Å². The van der Waals surface area contributed by atoms with Crippen molar-refractivity contribution in [3.63, 3.8) is 0 Å². The zero-order chi connectivity index (χ0) is 20.7. The molecule has 0 radical (unpaired) electrons. The van der Waals surface area contributed by atoms with Crippen LogP contribution in [-0.4, -0.2) is 65.5 Å². The summed E-state index contributed by atoms with van der Waals surface area (Å²) in [5, 5.41) is 3.02. The fourth-order valence-electron chi connectivity index (χ4n) is 3.87. The van der Waals surface area contributed by atoms with Crippen molar-refractivity contribution in [1.29, 1.82) is 0 Å². The largest absolute Gasteiger partial charge is 0.444 e. The maximum Gasteiger partial charge on any atom is 0.410 e. The highest BCUT2D eigenvalue weighted by Crippen LogP contribution is 2.25. The Morgan fingerprint density at radius 1 is 1.04 bits per heavy atom. The third-order valence-corrected chi connectivity index (χ3v) is 5.42. The molecule has 0 aromatic rings. The van der Waals surface area contributed by atoms with Gasteiger partial charge in [-0.05, 0) is 52.9 Å². The number of likely N-dealkylation sites (tertiary alicyclic amines) is 2. The van der Waals surface area contributed by atoms with Gasteiger partial charge in [0.15, 0.2) is 0 Å². The maximum absolute atomic E-state index is 13.0. The lowest BCUT2D eigenvalue weighted by atomic mass is 9.95. The van der Waals surface area contributed by atoms with E-state index in [1.165, 1.54) is 0 Å². The number of nitrogens with one attached hydrogen (secondary N) is 1. The number of carbonyl (C=O) groups excluding carboxylic acids is 3. The molecular weight excluding hydrogens is 358 g/mol. The van der Waals surface area contributed by atoms with Crippen molar-refractivity contribution in [2.45, 2.75) is 84.3 Å². The zero-order valence-corrected chi connectivity index (χ0v) is 18.0. The average molecular weight is 396 g/mol. The Balaban J connectivity index is 1.82. The fraction of sp³-hybridized carbons (Fsp3) is 0.857. The van der Waals surface area contributed by atoms with Crippen LogP contribution >= 0.6 is 0 Å². The third-order valence-electron chi connectivity index (χ3n) is 5.42. The second kappa shape index (κ2) is 10.1. The van der Waals surface area contributed by atoms with Crippen LogP contribution in [0.3, 0.4) is 0 Å². The molecule has 0 saturated carbocycles. The molecule has 2 aliphatic rings. The summed E-state index contributed by atoms with van der Waals surface area (Å²) in [5.74, 6) is 0.0841. The van der Waals surface area contributed by atoms with Crippen LogP contribution in [0.5, 0.6) is 0 Å². The van der Waals surface area contributed by atoms with E-state index in [9.17, 15) is 14.4 Å². The van der Waals surface area contributed by atoms with Crippen molar-refractivity contribution in [3.8, 4) is 0 Å². The number of unbranched alkanes of at least 4 members (excludes halogenated alkanes) is 2. The molecule has 2 rings (SSSR count). The lowest BCUT2D eigenvalue weighted by Gasteiger charge is -2.35. The monoisotopic (exact) mass is 395 g/mol. The van der Waals surface area contributed by atoms with E-state index >= 15 is 0 Å². The Hall–Kier alpha value is -1.79. The Kier molecular flexibility index (Phi) is 8.13. The van der Waals surface area contributed by atoms with E-state index in [1.807, 2.05) is 25.7 Å². The van der Waals surface area contributed by atoms with Crippen molar-refractivity contribution < 1.29 is 19.1 Å². The van der Waals surface area contributed by atoms with E-state index in [-0.39, 0.29) is 17.7 Å². The van der Waals surface area contributed by atoms with Crippen molar-refractivity contribution in [2.75, 3.05) is 26.2 Å². The van der Waals surface area contributed by atoms with Gasteiger partial charge in [0, 0.05) is 32.1 Å². The van der Waals surface area contributed by atoms with Crippen LogP contribution in [0.4, 0.5) is 4.79 Å². The van der Waals surface area contributed by atoms with Gasteiger partial charge in [0.25, 0.3) is 0 Å². The molecule has 0 spiro atoms. The first-order valence-corrected chi connectivity index (χ1v) is 10.8. The molecule has 1 unspecified atom stereocenters. The van der Waals surface area contributed by atoms with Gasteiger partial charge in [0.1, 0.15) is 11.6 Å². The Morgan fingerprint density at radius 3 is 2.32 bits per heavy atom. The smallest absolute Gasteiger partial charge is 0.410 e. The maximum atomic E-state index is 13.0.